The molecule has 2 N–H and O–H groups in total. The lowest BCUT2D eigenvalue weighted by Crippen LogP contribution is -2.37. The van der Waals surface area contributed by atoms with Gasteiger partial charge in [0, 0.05) is 36.1 Å². The monoisotopic (exact) mass is 598 g/mol. The third-order valence-corrected chi connectivity index (χ3v) is 6.02. The Labute approximate surface area is 240 Å². The van der Waals surface area contributed by atoms with Crippen LogP contribution in [-0.4, -0.2) is 73.4 Å². The Kier molecular flexibility index (Phi) is 8.56. The Morgan fingerprint density at radius 2 is 1.70 bits per heavy atom. The first-order valence-corrected chi connectivity index (χ1v) is 12.6. The van der Waals surface area contributed by atoms with Gasteiger partial charge < -0.3 is 24.6 Å². The van der Waals surface area contributed by atoms with E-state index in [1.165, 1.54) is 24.6 Å². The van der Waals surface area contributed by atoms with Gasteiger partial charge >= 0.3 is 12.1 Å². The van der Waals surface area contributed by atoms with Gasteiger partial charge in [0.1, 0.15) is 18.4 Å². The molecule has 1 fully saturated rings. The predicted octanol–water partition coefficient (Wildman–Crippen LogP) is 4.73. The number of carbonyl (C=O) groups is 1. The van der Waals surface area contributed by atoms with E-state index in [0.29, 0.717) is 47.5 Å². The van der Waals surface area contributed by atoms with Crippen LogP contribution in [0.15, 0.2) is 78.0 Å². The molecule has 6 rings (SSSR count). The van der Waals surface area contributed by atoms with Crippen LogP contribution in [-0.2, 0) is 9.53 Å². The van der Waals surface area contributed by atoms with Crippen molar-refractivity contribution < 1.29 is 36.7 Å². The Balaban J connectivity index is 0.000000472. The summed E-state index contributed by atoms with van der Waals surface area (Å²) in [6.45, 7) is 2.92. The number of benzene rings is 2. The first-order valence-electron chi connectivity index (χ1n) is 12.6. The van der Waals surface area contributed by atoms with Gasteiger partial charge in [-0.2, -0.15) is 18.2 Å². The third kappa shape index (κ3) is 7.48. The average molecular weight is 599 g/mol. The van der Waals surface area contributed by atoms with E-state index in [0.717, 1.165) is 24.5 Å². The zero-order valence-electron chi connectivity index (χ0n) is 22.1. The first kappa shape index (κ1) is 29.1. The van der Waals surface area contributed by atoms with Crippen LogP contribution in [0.4, 0.5) is 35.1 Å². The number of aliphatic carboxylic acids is 1. The van der Waals surface area contributed by atoms with Crippen molar-refractivity contribution >= 4 is 23.6 Å². The van der Waals surface area contributed by atoms with Crippen molar-refractivity contribution in [1.82, 2.24) is 29.9 Å². The zero-order chi connectivity index (χ0) is 30.4. The summed E-state index contributed by atoms with van der Waals surface area (Å²) in [6, 6.07) is 14.1. The van der Waals surface area contributed by atoms with Crippen LogP contribution in [0, 0.1) is 5.82 Å². The van der Waals surface area contributed by atoms with Crippen molar-refractivity contribution in [3.05, 3.63) is 79.3 Å². The molecule has 0 atom stereocenters. The van der Waals surface area contributed by atoms with Crippen molar-refractivity contribution in [1.29, 1.82) is 0 Å². The van der Waals surface area contributed by atoms with Crippen LogP contribution in [0.25, 0.3) is 28.1 Å². The Morgan fingerprint density at radius 1 is 0.977 bits per heavy atom. The minimum Gasteiger partial charge on any atom is -0.475 e. The molecule has 0 amide bonds. The molecule has 0 aliphatic carbocycles. The Morgan fingerprint density at radius 3 is 2.37 bits per heavy atom. The number of hydrogen-bond donors (Lipinski definition) is 2. The minimum atomic E-state index is -5.08. The summed E-state index contributed by atoms with van der Waals surface area (Å²) in [7, 11) is 0. The van der Waals surface area contributed by atoms with Gasteiger partial charge in [-0.05, 0) is 54.1 Å². The molecule has 1 aliphatic heterocycles. The van der Waals surface area contributed by atoms with Crippen molar-refractivity contribution in [2.45, 2.75) is 6.18 Å². The number of nitrogens with one attached hydrogen (secondary N) is 1. The van der Waals surface area contributed by atoms with Crippen LogP contribution >= 0.6 is 0 Å². The van der Waals surface area contributed by atoms with Crippen molar-refractivity contribution in [3.8, 4) is 28.1 Å². The topological polar surface area (TPSA) is 144 Å². The molecule has 12 nitrogen and oxygen atoms in total. The number of alkyl halides is 3. The highest BCUT2D eigenvalue weighted by atomic mass is 19.4. The summed E-state index contributed by atoms with van der Waals surface area (Å²) in [5.41, 5.74) is 4.22. The zero-order valence-corrected chi connectivity index (χ0v) is 22.1. The van der Waals surface area contributed by atoms with E-state index in [9.17, 15) is 17.6 Å². The number of carboxylic acid groups (broad SMARTS) is 1. The molecule has 43 heavy (non-hydrogen) atoms. The fourth-order valence-electron chi connectivity index (χ4n) is 3.94. The fourth-order valence-corrected chi connectivity index (χ4v) is 3.94. The molecule has 1 aliphatic rings. The van der Waals surface area contributed by atoms with Gasteiger partial charge in [-0.25, -0.2) is 23.8 Å². The summed E-state index contributed by atoms with van der Waals surface area (Å²) in [6.07, 6.45) is 1.26. The lowest BCUT2D eigenvalue weighted by atomic mass is 10.0. The third-order valence-electron chi connectivity index (χ3n) is 6.02. The summed E-state index contributed by atoms with van der Waals surface area (Å²) >= 11 is 0. The van der Waals surface area contributed by atoms with E-state index in [2.05, 4.69) is 35.4 Å². The average Bonchev–Trinajstić information content (AvgIpc) is 3.71. The van der Waals surface area contributed by atoms with E-state index in [-0.39, 0.29) is 5.82 Å². The molecule has 0 spiro atoms. The maximum atomic E-state index is 14.3. The van der Waals surface area contributed by atoms with Crippen LogP contribution in [0.1, 0.15) is 0 Å². The Hall–Kier alpha value is -5.38. The maximum absolute atomic E-state index is 14.3. The molecule has 16 heteroatoms. The van der Waals surface area contributed by atoms with Gasteiger partial charge in [-0.15, -0.1) is 5.10 Å². The number of anilines is 3. The molecule has 0 radical (unpaired) electrons. The number of carboxylic acids is 1. The van der Waals surface area contributed by atoms with Crippen molar-refractivity contribution in [2.24, 2.45) is 0 Å². The molecule has 222 valence electrons. The number of nitrogens with zero attached hydrogens (tertiary/aromatic N) is 7. The van der Waals surface area contributed by atoms with Gasteiger partial charge in [-0.3, -0.25) is 0 Å². The molecule has 1 saturated heterocycles. The van der Waals surface area contributed by atoms with Crippen LogP contribution in [0.5, 0.6) is 0 Å². The van der Waals surface area contributed by atoms with Crippen LogP contribution in [0.3, 0.4) is 0 Å². The Bertz CT molecular complexity index is 1670. The standard InChI is InChI=1S/C25H21FN8O2.C2HF3O2/c26-20-12-17(19-14-29-36-15-19)11-18(13-20)23-5-6-27-24(31-23)30-21-1-3-22(4-2-21)34-16-28-25(32-34)33-7-9-35-10-8-33;3-2(4,5)1(6)7/h1-6,11-16H,7-10H2,(H,27,30,31);(H,6,7). The van der Waals surface area contributed by atoms with Gasteiger partial charge in [0.25, 0.3) is 0 Å². The molecular weight excluding hydrogens is 576 g/mol. The molecular formula is C27H22F4N8O4. The highest BCUT2D eigenvalue weighted by Crippen LogP contribution is 2.27. The maximum Gasteiger partial charge on any atom is 0.490 e. The van der Waals surface area contributed by atoms with E-state index in [4.69, 9.17) is 19.2 Å². The number of ether oxygens (including phenoxy) is 1. The number of aromatic nitrogens is 6. The number of rotatable bonds is 6. The fraction of sp³-hybridized carbons (Fsp3) is 0.185. The highest BCUT2D eigenvalue weighted by Gasteiger charge is 2.38. The molecule has 0 unspecified atom stereocenters. The quantitative estimate of drug-likeness (QED) is 0.262. The number of hydrogen-bond acceptors (Lipinski definition) is 10. The lowest BCUT2D eigenvalue weighted by molar-refractivity contribution is -0.192. The molecule has 0 bridgehead atoms. The van der Waals surface area contributed by atoms with Gasteiger partial charge in [0.2, 0.25) is 11.9 Å². The summed E-state index contributed by atoms with van der Waals surface area (Å²) in [5, 5.41) is 18.6. The van der Waals surface area contributed by atoms with Gasteiger partial charge in [0.05, 0.1) is 30.8 Å². The normalized spacial score (nSPS) is 13.3. The summed E-state index contributed by atoms with van der Waals surface area (Å²) in [5.74, 6) is -2.05. The second-order valence-electron chi connectivity index (χ2n) is 8.97. The van der Waals surface area contributed by atoms with Crippen molar-refractivity contribution in [3.63, 3.8) is 0 Å². The minimum absolute atomic E-state index is 0.378. The second kappa shape index (κ2) is 12.6. The predicted molar refractivity (Wildman–Crippen MR) is 144 cm³/mol. The van der Waals surface area contributed by atoms with Crippen molar-refractivity contribution in [2.75, 3.05) is 36.5 Å². The SMILES string of the molecule is Fc1cc(-c2cnoc2)cc(-c2ccnc(Nc3ccc(-n4cnc(N5CCOCC5)n4)cc3)n2)c1.O=C(O)C(F)(F)F. The highest BCUT2D eigenvalue weighted by molar-refractivity contribution is 5.73. The molecule has 4 heterocycles. The first-order chi connectivity index (χ1) is 20.7. The summed E-state index contributed by atoms with van der Waals surface area (Å²) < 4.78 is 58.1. The second-order valence-corrected chi connectivity index (χ2v) is 8.97. The number of halogens is 4. The summed E-state index contributed by atoms with van der Waals surface area (Å²) in [4.78, 5) is 24.3. The van der Waals surface area contributed by atoms with E-state index < -0.39 is 12.1 Å². The van der Waals surface area contributed by atoms with Gasteiger partial charge in [0.15, 0.2) is 0 Å². The largest absolute Gasteiger partial charge is 0.490 e. The molecule has 0 saturated carbocycles. The molecule has 2 aromatic carbocycles. The lowest BCUT2D eigenvalue weighted by Gasteiger charge is -2.25. The molecule has 3 aromatic heterocycles. The van der Waals surface area contributed by atoms with E-state index >= 15 is 0 Å². The smallest absolute Gasteiger partial charge is 0.475 e. The van der Waals surface area contributed by atoms with Crippen LogP contribution in [0.2, 0.25) is 0 Å². The van der Waals surface area contributed by atoms with E-state index in [1.54, 1.807) is 23.3 Å². The number of morpholine rings is 1. The van der Waals surface area contributed by atoms with Crippen LogP contribution < -0.4 is 10.2 Å². The molecule has 5 aromatic rings. The van der Waals surface area contributed by atoms with Gasteiger partial charge in [-0.1, -0.05) is 5.16 Å². The van der Waals surface area contributed by atoms with E-state index in [1.807, 2.05) is 30.3 Å².